The molecule has 3 aromatic rings. The van der Waals surface area contributed by atoms with E-state index in [-0.39, 0.29) is 0 Å². The smallest absolute Gasteiger partial charge is 0.219 e. The van der Waals surface area contributed by atoms with Crippen LogP contribution in [0.2, 0.25) is 10.0 Å². The molecule has 128 valence electrons. The molecule has 2 aromatic carbocycles. The van der Waals surface area contributed by atoms with E-state index in [9.17, 15) is 0 Å². The molecule has 3 nitrogen and oxygen atoms in total. The molecule has 0 saturated carbocycles. The second kappa shape index (κ2) is 8.09. The minimum absolute atomic E-state index is 0.372. The van der Waals surface area contributed by atoms with Crippen LogP contribution in [0.4, 0.5) is 0 Å². The fourth-order valence-corrected chi connectivity index (χ4v) is 3.48. The zero-order chi connectivity index (χ0) is 17.8. The molecule has 0 radical (unpaired) electrons. The molecule has 25 heavy (non-hydrogen) atoms. The third kappa shape index (κ3) is 4.66. The maximum atomic E-state index is 6.18. The van der Waals surface area contributed by atoms with Crippen molar-refractivity contribution in [3.63, 3.8) is 0 Å². The molecule has 3 rings (SSSR count). The van der Waals surface area contributed by atoms with E-state index in [2.05, 4.69) is 20.9 Å². The van der Waals surface area contributed by atoms with Crippen LogP contribution in [0, 0.1) is 6.92 Å². The quantitative estimate of drug-likeness (QED) is 0.437. The number of hydrogen-bond acceptors (Lipinski definition) is 3. The maximum absolute atomic E-state index is 6.18. The predicted molar refractivity (Wildman–Crippen MR) is 104 cm³/mol. The molecule has 1 aromatic heterocycles. The van der Waals surface area contributed by atoms with Crippen molar-refractivity contribution in [2.75, 3.05) is 0 Å². The summed E-state index contributed by atoms with van der Waals surface area (Å²) in [6.45, 7) is 2.41. The number of aromatic nitrogens is 1. The van der Waals surface area contributed by atoms with Gasteiger partial charge >= 0.3 is 0 Å². The van der Waals surface area contributed by atoms with E-state index in [1.807, 2.05) is 37.3 Å². The van der Waals surface area contributed by atoms with Crippen molar-refractivity contribution < 1.29 is 9.47 Å². The SMILES string of the molecule is Cc1cc(Oc2c(Cl)cc(Br)cc2Cl)ncc1OCc1ccccc1. The van der Waals surface area contributed by atoms with Gasteiger partial charge in [0.25, 0.3) is 0 Å². The Labute approximate surface area is 164 Å². The Kier molecular flexibility index (Phi) is 5.84. The minimum Gasteiger partial charge on any atom is -0.487 e. The largest absolute Gasteiger partial charge is 0.487 e. The molecule has 1 heterocycles. The molecule has 0 aliphatic carbocycles. The highest BCUT2D eigenvalue weighted by molar-refractivity contribution is 9.10. The third-order valence-electron chi connectivity index (χ3n) is 3.44. The van der Waals surface area contributed by atoms with E-state index in [1.54, 1.807) is 24.4 Å². The van der Waals surface area contributed by atoms with E-state index in [0.717, 1.165) is 15.6 Å². The van der Waals surface area contributed by atoms with Crippen LogP contribution in [0.3, 0.4) is 0 Å². The summed E-state index contributed by atoms with van der Waals surface area (Å²) in [5, 5.41) is 0.812. The lowest BCUT2D eigenvalue weighted by Gasteiger charge is -2.12. The Morgan fingerprint density at radius 3 is 2.36 bits per heavy atom. The van der Waals surface area contributed by atoms with Gasteiger partial charge in [0.05, 0.1) is 16.2 Å². The van der Waals surface area contributed by atoms with Crippen LogP contribution in [-0.4, -0.2) is 4.98 Å². The topological polar surface area (TPSA) is 31.4 Å². The summed E-state index contributed by atoms with van der Waals surface area (Å²) >= 11 is 15.7. The number of hydrogen-bond donors (Lipinski definition) is 0. The number of aryl methyl sites for hydroxylation is 1. The van der Waals surface area contributed by atoms with Crippen LogP contribution >= 0.6 is 39.1 Å². The van der Waals surface area contributed by atoms with Crippen molar-refractivity contribution in [3.8, 4) is 17.4 Å². The Balaban J connectivity index is 1.74. The fourth-order valence-electron chi connectivity index (χ4n) is 2.19. The first-order valence-electron chi connectivity index (χ1n) is 7.48. The molecule has 0 saturated heterocycles. The number of benzene rings is 2. The summed E-state index contributed by atoms with van der Waals surface area (Å²) in [5.74, 6) is 1.47. The molecule has 0 atom stereocenters. The van der Waals surface area contributed by atoms with E-state index >= 15 is 0 Å². The Morgan fingerprint density at radius 2 is 1.72 bits per heavy atom. The van der Waals surface area contributed by atoms with Crippen LogP contribution in [0.15, 0.2) is 59.2 Å². The van der Waals surface area contributed by atoms with E-state index < -0.39 is 0 Å². The van der Waals surface area contributed by atoms with Gasteiger partial charge in [-0.05, 0) is 30.2 Å². The number of pyridine rings is 1. The van der Waals surface area contributed by atoms with Crippen molar-refractivity contribution in [2.24, 2.45) is 0 Å². The first-order chi connectivity index (χ1) is 12.0. The summed E-state index contributed by atoms with van der Waals surface area (Å²) in [4.78, 5) is 4.28. The molecule has 0 aliphatic rings. The normalized spacial score (nSPS) is 10.6. The zero-order valence-electron chi connectivity index (χ0n) is 13.3. The van der Waals surface area contributed by atoms with Crippen molar-refractivity contribution in [2.45, 2.75) is 13.5 Å². The van der Waals surface area contributed by atoms with Gasteiger partial charge in [0.15, 0.2) is 5.75 Å². The minimum atomic E-state index is 0.372. The van der Waals surface area contributed by atoms with Crippen molar-refractivity contribution in [1.29, 1.82) is 0 Å². The number of nitrogens with zero attached hydrogens (tertiary/aromatic N) is 1. The van der Waals surface area contributed by atoms with Crippen LogP contribution < -0.4 is 9.47 Å². The van der Waals surface area contributed by atoms with Crippen LogP contribution in [0.5, 0.6) is 17.4 Å². The standard InChI is InChI=1S/C19H14BrCl2NO2/c1-12-7-18(25-19-15(21)8-14(20)9-16(19)22)23-10-17(12)24-11-13-5-3-2-4-6-13/h2-10H,11H2,1H3. The maximum Gasteiger partial charge on any atom is 0.219 e. The van der Waals surface area contributed by atoms with Crippen molar-refractivity contribution in [3.05, 3.63) is 80.4 Å². The van der Waals surface area contributed by atoms with Gasteiger partial charge in [-0.15, -0.1) is 0 Å². The van der Waals surface area contributed by atoms with Gasteiger partial charge in [-0.25, -0.2) is 4.98 Å². The summed E-state index contributed by atoms with van der Waals surface area (Å²) in [7, 11) is 0. The van der Waals surface area contributed by atoms with Crippen LogP contribution in [0.25, 0.3) is 0 Å². The zero-order valence-corrected chi connectivity index (χ0v) is 16.4. The average Bonchev–Trinajstić information content (AvgIpc) is 2.58. The summed E-state index contributed by atoms with van der Waals surface area (Å²) in [5.41, 5.74) is 2.00. The second-order valence-electron chi connectivity index (χ2n) is 5.36. The van der Waals surface area contributed by atoms with Gasteiger partial charge in [0.2, 0.25) is 5.88 Å². The van der Waals surface area contributed by atoms with Gasteiger partial charge < -0.3 is 9.47 Å². The van der Waals surface area contributed by atoms with E-state index in [0.29, 0.717) is 34.0 Å². The first-order valence-corrected chi connectivity index (χ1v) is 9.03. The van der Waals surface area contributed by atoms with Gasteiger partial charge in [-0.2, -0.15) is 0 Å². The molecular weight excluding hydrogens is 425 g/mol. The molecule has 0 unspecified atom stereocenters. The monoisotopic (exact) mass is 437 g/mol. The summed E-state index contributed by atoms with van der Waals surface area (Å²) < 4.78 is 12.3. The fraction of sp³-hybridized carbons (Fsp3) is 0.105. The van der Waals surface area contributed by atoms with Crippen LogP contribution in [-0.2, 0) is 6.61 Å². The Morgan fingerprint density at radius 1 is 1.04 bits per heavy atom. The highest BCUT2D eigenvalue weighted by Crippen LogP contribution is 2.38. The van der Waals surface area contributed by atoms with E-state index in [1.165, 1.54) is 0 Å². The Bertz CT molecular complexity index is 865. The highest BCUT2D eigenvalue weighted by atomic mass is 79.9. The molecule has 0 bridgehead atoms. The summed E-state index contributed by atoms with van der Waals surface area (Å²) in [6, 6.07) is 15.2. The Hall–Kier alpha value is -1.75. The molecule has 0 N–H and O–H groups in total. The lowest BCUT2D eigenvalue weighted by atomic mass is 10.2. The lowest BCUT2D eigenvalue weighted by Crippen LogP contribution is -1.98. The van der Waals surface area contributed by atoms with Gasteiger partial charge in [0, 0.05) is 10.5 Å². The predicted octanol–water partition coefficient (Wildman–Crippen LogP) is 6.83. The van der Waals surface area contributed by atoms with E-state index in [4.69, 9.17) is 32.7 Å². The second-order valence-corrected chi connectivity index (χ2v) is 7.09. The number of ether oxygens (including phenoxy) is 2. The van der Waals surface area contributed by atoms with Gasteiger partial charge in [0.1, 0.15) is 12.4 Å². The summed E-state index contributed by atoms with van der Waals surface area (Å²) in [6.07, 6.45) is 1.63. The number of rotatable bonds is 5. The third-order valence-corrected chi connectivity index (χ3v) is 4.46. The molecule has 0 aliphatic heterocycles. The number of halogens is 3. The molecular formula is C19H14BrCl2NO2. The highest BCUT2D eigenvalue weighted by Gasteiger charge is 2.12. The van der Waals surface area contributed by atoms with Crippen molar-refractivity contribution >= 4 is 39.1 Å². The average molecular weight is 439 g/mol. The first kappa shape index (κ1) is 18.1. The molecule has 0 fully saturated rings. The lowest BCUT2D eigenvalue weighted by molar-refractivity contribution is 0.301. The molecule has 0 spiro atoms. The van der Waals surface area contributed by atoms with Gasteiger partial charge in [-0.3, -0.25) is 0 Å². The van der Waals surface area contributed by atoms with Crippen LogP contribution in [0.1, 0.15) is 11.1 Å². The van der Waals surface area contributed by atoms with Crippen molar-refractivity contribution in [1.82, 2.24) is 4.98 Å². The molecule has 6 heteroatoms. The van der Waals surface area contributed by atoms with Gasteiger partial charge in [-0.1, -0.05) is 69.5 Å². The molecule has 0 amide bonds.